The quantitative estimate of drug-likeness (QED) is 0.319. The zero-order chi connectivity index (χ0) is 25.6. The zero-order valence-electron chi connectivity index (χ0n) is 20.5. The number of aromatic nitrogens is 4. The smallest absolute Gasteiger partial charge is 0.246 e. The highest BCUT2D eigenvalue weighted by molar-refractivity contribution is 5.92. The fourth-order valence-corrected chi connectivity index (χ4v) is 4.24. The standard InChI is InChI=1S/C26H29FN8O2/c1-18(34-9-7-28-8-10-34)16-37-22-5-6-23-24(12-22)29-17-30-26(23)33-21-13-31-35(14-21)15-25(36)32-20-4-2-3-19(27)11-20/h2-6,11-14,17-18,28H,7-10,15-16H2,1H3,(H,32,36)(H,29,30,33). The molecule has 1 saturated heterocycles. The maximum Gasteiger partial charge on any atom is 0.246 e. The van der Waals surface area contributed by atoms with Crippen molar-refractivity contribution in [1.29, 1.82) is 0 Å². The van der Waals surface area contributed by atoms with Crippen LogP contribution in [0.25, 0.3) is 10.9 Å². The molecule has 1 fully saturated rings. The molecule has 1 aliphatic rings. The molecule has 2 aromatic heterocycles. The van der Waals surface area contributed by atoms with Crippen molar-refractivity contribution in [2.24, 2.45) is 0 Å². The van der Waals surface area contributed by atoms with Crippen LogP contribution in [0.3, 0.4) is 0 Å². The van der Waals surface area contributed by atoms with E-state index < -0.39 is 5.82 Å². The van der Waals surface area contributed by atoms with Gasteiger partial charge in [-0.15, -0.1) is 0 Å². The Kier molecular flexibility index (Phi) is 7.52. The number of piperazine rings is 1. The maximum atomic E-state index is 13.3. The first kappa shape index (κ1) is 24.6. The van der Waals surface area contributed by atoms with Crippen LogP contribution in [-0.2, 0) is 11.3 Å². The van der Waals surface area contributed by atoms with Crippen LogP contribution in [0.15, 0.2) is 61.2 Å². The summed E-state index contributed by atoms with van der Waals surface area (Å²) in [6.45, 7) is 6.84. The van der Waals surface area contributed by atoms with E-state index in [4.69, 9.17) is 4.74 Å². The summed E-state index contributed by atoms with van der Waals surface area (Å²) in [5.41, 5.74) is 1.82. The average molecular weight is 505 g/mol. The zero-order valence-corrected chi connectivity index (χ0v) is 20.5. The lowest BCUT2D eigenvalue weighted by atomic mass is 10.2. The van der Waals surface area contributed by atoms with E-state index in [1.54, 1.807) is 18.5 Å². The molecule has 3 heterocycles. The van der Waals surface area contributed by atoms with Gasteiger partial charge >= 0.3 is 0 Å². The minimum atomic E-state index is -0.413. The van der Waals surface area contributed by atoms with E-state index in [9.17, 15) is 9.18 Å². The number of hydrogen-bond acceptors (Lipinski definition) is 8. The molecule has 11 heteroatoms. The van der Waals surface area contributed by atoms with Gasteiger partial charge in [-0.2, -0.15) is 5.10 Å². The maximum absolute atomic E-state index is 13.3. The van der Waals surface area contributed by atoms with E-state index in [2.05, 4.69) is 42.8 Å². The molecular weight excluding hydrogens is 475 g/mol. The second-order valence-electron chi connectivity index (χ2n) is 8.96. The number of hydrogen-bond donors (Lipinski definition) is 3. The number of carbonyl (C=O) groups is 1. The van der Waals surface area contributed by atoms with Crippen LogP contribution in [0.2, 0.25) is 0 Å². The van der Waals surface area contributed by atoms with Crippen molar-refractivity contribution in [3.63, 3.8) is 0 Å². The van der Waals surface area contributed by atoms with Gasteiger partial charge in [0.15, 0.2) is 0 Å². The highest BCUT2D eigenvalue weighted by Gasteiger charge is 2.17. The van der Waals surface area contributed by atoms with E-state index in [0.29, 0.717) is 29.8 Å². The van der Waals surface area contributed by atoms with Gasteiger partial charge in [0.1, 0.15) is 36.9 Å². The van der Waals surface area contributed by atoms with Crippen LogP contribution in [-0.4, -0.2) is 69.4 Å². The highest BCUT2D eigenvalue weighted by atomic mass is 19.1. The summed E-state index contributed by atoms with van der Waals surface area (Å²) in [5, 5.41) is 14.3. The van der Waals surface area contributed by atoms with Gasteiger partial charge in [-0.1, -0.05) is 6.07 Å². The number of halogens is 1. The minimum absolute atomic E-state index is 0.0181. The van der Waals surface area contributed by atoms with Gasteiger partial charge < -0.3 is 20.7 Å². The largest absolute Gasteiger partial charge is 0.492 e. The Balaban J connectivity index is 1.20. The van der Waals surface area contributed by atoms with Crippen LogP contribution < -0.4 is 20.7 Å². The second kappa shape index (κ2) is 11.3. The predicted octanol–water partition coefficient (Wildman–Crippen LogP) is 3.02. The van der Waals surface area contributed by atoms with Crippen LogP contribution in [0.1, 0.15) is 6.92 Å². The third-order valence-electron chi connectivity index (χ3n) is 6.18. The fourth-order valence-electron chi connectivity index (χ4n) is 4.24. The Labute approximate surface area is 213 Å². The summed E-state index contributed by atoms with van der Waals surface area (Å²) in [6, 6.07) is 11.8. The average Bonchev–Trinajstić information content (AvgIpc) is 3.34. The summed E-state index contributed by atoms with van der Waals surface area (Å²) in [5.74, 6) is 0.654. The van der Waals surface area contributed by atoms with Crippen LogP contribution >= 0.6 is 0 Å². The van der Waals surface area contributed by atoms with Gasteiger partial charge in [-0.25, -0.2) is 14.4 Å². The molecule has 1 amide bonds. The van der Waals surface area contributed by atoms with Gasteiger partial charge in [0.05, 0.1) is 17.4 Å². The highest BCUT2D eigenvalue weighted by Crippen LogP contribution is 2.26. The lowest BCUT2D eigenvalue weighted by Crippen LogP contribution is -2.49. The van der Waals surface area contributed by atoms with Crippen LogP contribution in [0.5, 0.6) is 5.75 Å². The lowest BCUT2D eigenvalue weighted by molar-refractivity contribution is -0.116. The van der Waals surface area contributed by atoms with Crippen molar-refractivity contribution in [3.8, 4) is 5.75 Å². The molecular formula is C26H29FN8O2. The molecule has 0 aliphatic carbocycles. The molecule has 2 aromatic carbocycles. The number of rotatable bonds is 9. The van der Waals surface area contributed by atoms with Gasteiger partial charge in [-0.3, -0.25) is 14.4 Å². The van der Waals surface area contributed by atoms with Gasteiger partial charge in [0.2, 0.25) is 5.91 Å². The number of nitrogens with one attached hydrogen (secondary N) is 3. The molecule has 192 valence electrons. The Morgan fingerprint density at radius 2 is 2.03 bits per heavy atom. The third-order valence-corrected chi connectivity index (χ3v) is 6.18. The van der Waals surface area contributed by atoms with Crippen LogP contribution in [0.4, 0.5) is 21.6 Å². The van der Waals surface area contributed by atoms with E-state index in [-0.39, 0.29) is 12.5 Å². The monoisotopic (exact) mass is 504 g/mol. The first-order valence-corrected chi connectivity index (χ1v) is 12.2. The summed E-state index contributed by atoms with van der Waals surface area (Å²) >= 11 is 0. The van der Waals surface area contributed by atoms with Crippen molar-refractivity contribution in [1.82, 2.24) is 30.0 Å². The molecule has 1 atom stereocenters. The molecule has 0 spiro atoms. The van der Waals surface area contributed by atoms with Gasteiger partial charge in [-0.05, 0) is 37.3 Å². The fraction of sp³-hybridized carbons (Fsp3) is 0.308. The molecule has 0 bridgehead atoms. The van der Waals surface area contributed by atoms with Crippen molar-refractivity contribution in [2.75, 3.05) is 43.4 Å². The van der Waals surface area contributed by atoms with E-state index in [1.165, 1.54) is 29.2 Å². The number of fused-ring (bicyclic) bond motifs is 1. The van der Waals surface area contributed by atoms with Crippen molar-refractivity contribution in [2.45, 2.75) is 19.5 Å². The number of nitrogens with zero attached hydrogens (tertiary/aromatic N) is 5. The normalized spacial score (nSPS) is 14.9. The molecule has 0 radical (unpaired) electrons. The van der Waals surface area contributed by atoms with Gasteiger partial charge in [0.25, 0.3) is 0 Å². The van der Waals surface area contributed by atoms with Crippen LogP contribution in [0, 0.1) is 5.82 Å². The van der Waals surface area contributed by atoms with Crippen molar-refractivity contribution in [3.05, 3.63) is 67.0 Å². The SMILES string of the molecule is CC(COc1ccc2c(Nc3cnn(CC(=O)Nc4cccc(F)c4)c3)ncnc2c1)N1CCNCC1. The van der Waals surface area contributed by atoms with E-state index in [0.717, 1.165) is 42.8 Å². The summed E-state index contributed by atoms with van der Waals surface area (Å²) in [6.07, 6.45) is 4.81. The number of ether oxygens (including phenoxy) is 1. The Morgan fingerprint density at radius 3 is 2.86 bits per heavy atom. The number of amides is 1. The molecule has 5 rings (SSSR count). The molecule has 37 heavy (non-hydrogen) atoms. The first-order valence-electron chi connectivity index (χ1n) is 12.2. The predicted molar refractivity (Wildman–Crippen MR) is 139 cm³/mol. The Bertz CT molecular complexity index is 1370. The molecule has 10 nitrogen and oxygen atoms in total. The molecule has 0 saturated carbocycles. The first-order chi connectivity index (χ1) is 18.0. The molecule has 1 unspecified atom stereocenters. The topological polar surface area (TPSA) is 109 Å². The Hall–Kier alpha value is -4.09. The molecule has 3 N–H and O–H groups in total. The van der Waals surface area contributed by atoms with E-state index in [1.807, 2.05) is 18.2 Å². The Morgan fingerprint density at radius 1 is 1.16 bits per heavy atom. The van der Waals surface area contributed by atoms with Crippen molar-refractivity contribution < 1.29 is 13.9 Å². The number of benzene rings is 2. The van der Waals surface area contributed by atoms with E-state index >= 15 is 0 Å². The summed E-state index contributed by atoms with van der Waals surface area (Å²) in [4.78, 5) is 23.5. The molecule has 4 aromatic rings. The minimum Gasteiger partial charge on any atom is -0.492 e. The lowest BCUT2D eigenvalue weighted by Gasteiger charge is -2.32. The third kappa shape index (κ3) is 6.38. The van der Waals surface area contributed by atoms with Gasteiger partial charge in [0, 0.05) is 55.6 Å². The number of carbonyl (C=O) groups excluding carboxylic acids is 1. The summed E-state index contributed by atoms with van der Waals surface area (Å²) in [7, 11) is 0. The molecule has 1 aliphatic heterocycles. The van der Waals surface area contributed by atoms with Crippen molar-refractivity contribution >= 4 is 34.0 Å². The number of anilines is 3. The second-order valence-corrected chi connectivity index (χ2v) is 8.96. The summed E-state index contributed by atoms with van der Waals surface area (Å²) < 4.78 is 20.9.